The van der Waals surface area contributed by atoms with E-state index in [0.717, 1.165) is 70.6 Å². The van der Waals surface area contributed by atoms with Gasteiger partial charge in [-0.2, -0.15) is 0 Å². The Balaban J connectivity index is 2.37. The van der Waals surface area contributed by atoms with Crippen molar-refractivity contribution < 1.29 is 39.8 Å². The van der Waals surface area contributed by atoms with Gasteiger partial charge in [-0.25, -0.2) is 0 Å². The first-order valence-electron chi connectivity index (χ1n) is 22.4. The van der Waals surface area contributed by atoms with E-state index in [9.17, 15) is 30.3 Å². The number of amides is 1. The third-order valence-corrected chi connectivity index (χ3v) is 10.3. The number of unbranched alkanes of at least 4 members (excludes halogenated alkanes) is 20. The summed E-state index contributed by atoms with van der Waals surface area (Å²) in [5.74, 6) is -0.205. The van der Waals surface area contributed by atoms with Crippen molar-refractivity contribution in [1.29, 1.82) is 0 Å². The van der Waals surface area contributed by atoms with Crippen LogP contribution in [0.15, 0.2) is 48.6 Å². The molecular formula is C46H83NO8. The summed E-state index contributed by atoms with van der Waals surface area (Å²) < 4.78 is 11.2. The predicted octanol–water partition coefficient (Wildman–Crippen LogP) is 9.06. The maximum absolute atomic E-state index is 12.9. The van der Waals surface area contributed by atoms with E-state index in [1.807, 2.05) is 6.08 Å². The standard InChI is InChI=1S/C46H83NO8/c1-3-5-7-9-11-13-15-16-17-18-19-20-21-22-23-24-25-26-27-29-31-33-35-40(49)39(38-54-46-45(53)44(52)43(51)41(37-48)55-46)47-42(50)36-34-32-30-28-14-12-10-8-6-4-2/h8,10,22-23,26-27,33,35,39-41,43-46,48-49,51-53H,3-7,9,11-21,24-25,28-32,34,36-38H2,1-2H3,(H,47,50)/b10-8-,23-22+,27-26+,35-33+. The first kappa shape index (κ1) is 51.2. The quantitative estimate of drug-likeness (QED) is 0.0273. The van der Waals surface area contributed by atoms with Gasteiger partial charge in [0, 0.05) is 6.42 Å². The van der Waals surface area contributed by atoms with Gasteiger partial charge in [-0.05, 0) is 64.2 Å². The lowest BCUT2D eigenvalue weighted by molar-refractivity contribution is -0.302. The van der Waals surface area contributed by atoms with Gasteiger partial charge in [0.2, 0.25) is 5.91 Å². The zero-order valence-corrected chi connectivity index (χ0v) is 34.9. The number of nitrogens with one attached hydrogen (secondary N) is 1. The Bertz CT molecular complexity index is 998. The SMILES string of the molecule is CCC/C=C\CCCCCCCC(=O)NC(COC1OC(CO)C(O)C(O)C1O)C(O)/C=C/CC/C=C/CC/C=C/CCCCCCCCCCCCCC. The topological polar surface area (TPSA) is 149 Å². The van der Waals surface area contributed by atoms with Crippen molar-refractivity contribution in [3.05, 3.63) is 48.6 Å². The number of carbonyl (C=O) groups excluding carboxylic acids is 1. The number of allylic oxidation sites excluding steroid dienone is 7. The van der Waals surface area contributed by atoms with Crippen LogP contribution in [-0.2, 0) is 14.3 Å². The molecule has 9 heteroatoms. The van der Waals surface area contributed by atoms with Crippen LogP contribution in [0.3, 0.4) is 0 Å². The third kappa shape index (κ3) is 27.4. The van der Waals surface area contributed by atoms with E-state index < -0.39 is 49.5 Å². The molecule has 0 aromatic carbocycles. The first-order chi connectivity index (χ1) is 26.8. The fourth-order valence-corrected chi connectivity index (χ4v) is 6.72. The second kappa shape index (κ2) is 36.5. The molecule has 1 saturated heterocycles. The van der Waals surface area contributed by atoms with E-state index in [-0.39, 0.29) is 12.5 Å². The van der Waals surface area contributed by atoms with Crippen LogP contribution >= 0.6 is 0 Å². The second-order valence-electron chi connectivity index (χ2n) is 15.5. The normalized spacial score (nSPS) is 21.8. The summed E-state index contributed by atoms with van der Waals surface area (Å²) in [6, 6.07) is -0.830. The monoisotopic (exact) mass is 778 g/mol. The van der Waals surface area contributed by atoms with Crippen LogP contribution in [0.5, 0.6) is 0 Å². The minimum atomic E-state index is -1.57. The molecule has 0 aromatic rings. The van der Waals surface area contributed by atoms with Gasteiger partial charge in [0.05, 0.1) is 25.4 Å². The largest absolute Gasteiger partial charge is 0.394 e. The summed E-state index contributed by atoms with van der Waals surface area (Å²) in [6.45, 7) is 3.66. The van der Waals surface area contributed by atoms with Crippen LogP contribution in [0.25, 0.3) is 0 Å². The molecular weight excluding hydrogens is 695 g/mol. The fourth-order valence-electron chi connectivity index (χ4n) is 6.72. The molecule has 7 atom stereocenters. The van der Waals surface area contributed by atoms with Gasteiger partial charge in [-0.1, -0.05) is 159 Å². The molecule has 320 valence electrons. The maximum atomic E-state index is 12.9. The maximum Gasteiger partial charge on any atom is 0.220 e. The number of hydrogen-bond donors (Lipinski definition) is 6. The Kier molecular flexibility index (Phi) is 33.9. The summed E-state index contributed by atoms with van der Waals surface area (Å²) in [5.41, 5.74) is 0. The molecule has 1 fully saturated rings. The number of carbonyl (C=O) groups is 1. The molecule has 6 N–H and O–H groups in total. The van der Waals surface area contributed by atoms with E-state index in [0.29, 0.717) is 6.42 Å². The van der Waals surface area contributed by atoms with Crippen molar-refractivity contribution in [2.45, 2.75) is 224 Å². The van der Waals surface area contributed by atoms with E-state index in [1.165, 1.54) is 89.9 Å². The summed E-state index contributed by atoms with van der Waals surface area (Å²) in [4.78, 5) is 12.9. The van der Waals surface area contributed by atoms with Crippen molar-refractivity contribution in [2.24, 2.45) is 0 Å². The highest BCUT2D eigenvalue weighted by molar-refractivity contribution is 5.76. The molecule has 1 aliphatic heterocycles. The zero-order valence-electron chi connectivity index (χ0n) is 34.9. The van der Waals surface area contributed by atoms with Gasteiger partial charge < -0.3 is 40.3 Å². The summed E-state index contributed by atoms with van der Waals surface area (Å²) >= 11 is 0. The third-order valence-electron chi connectivity index (χ3n) is 10.3. The van der Waals surface area contributed by atoms with Crippen molar-refractivity contribution in [3.8, 4) is 0 Å². The molecule has 0 aromatic heterocycles. The molecule has 1 rings (SSSR count). The molecule has 0 radical (unpaired) electrons. The smallest absolute Gasteiger partial charge is 0.220 e. The van der Waals surface area contributed by atoms with E-state index in [4.69, 9.17) is 9.47 Å². The second-order valence-corrected chi connectivity index (χ2v) is 15.5. The van der Waals surface area contributed by atoms with Crippen LogP contribution in [0.2, 0.25) is 0 Å². The zero-order chi connectivity index (χ0) is 40.2. The number of aliphatic hydroxyl groups excluding tert-OH is 5. The average Bonchev–Trinajstić information content (AvgIpc) is 3.18. The molecule has 0 aliphatic carbocycles. The van der Waals surface area contributed by atoms with Crippen LogP contribution in [0.1, 0.15) is 181 Å². The van der Waals surface area contributed by atoms with Gasteiger partial charge in [-0.15, -0.1) is 0 Å². The van der Waals surface area contributed by atoms with E-state index in [2.05, 4.69) is 55.6 Å². The Labute approximate surface area is 335 Å². The Morgan fingerprint density at radius 1 is 0.600 bits per heavy atom. The molecule has 55 heavy (non-hydrogen) atoms. The molecule has 0 saturated carbocycles. The van der Waals surface area contributed by atoms with Crippen LogP contribution < -0.4 is 5.32 Å². The molecule has 1 aliphatic rings. The van der Waals surface area contributed by atoms with Gasteiger partial charge in [-0.3, -0.25) is 4.79 Å². The molecule has 1 amide bonds. The summed E-state index contributed by atoms with van der Waals surface area (Å²) in [7, 11) is 0. The highest BCUT2D eigenvalue weighted by Crippen LogP contribution is 2.22. The van der Waals surface area contributed by atoms with Crippen LogP contribution in [-0.4, -0.2) is 87.5 Å². The van der Waals surface area contributed by atoms with Crippen LogP contribution in [0.4, 0.5) is 0 Å². The Hall–Kier alpha value is -1.85. The first-order valence-corrected chi connectivity index (χ1v) is 22.4. The van der Waals surface area contributed by atoms with Crippen molar-refractivity contribution >= 4 is 5.91 Å². The fraction of sp³-hybridized carbons (Fsp3) is 0.804. The van der Waals surface area contributed by atoms with Gasteiger partial charge >= 0.3 is 0 Å². The lowest BCUT2D eigenvalue weighted by Crippen LogP contribution is -2.60. The van der Waals surface area contributed by atoms with Crippen molar-refractivity contribution in [3.63, 3.8) is 0 Å². The number of aliphatic hydroxyl groups is 5. The molecule has 0 spiro atoms. The van der Waals surface area contributed by atoms with Gasteiger partial charge in [0.25, 0.3) is 0 Å². The minimum absolute atomic E-state index is 0.205. The molecule has 0 bridgehead atoms. The Morgan fingerprint density at radius 3 is 1.60 bits per heavy atom. The highest BCUT2D eigenvalue weighted by Gasteiger charge is 2.44. The minimum Gasteiger partial charge on any atom is -0.394 e. The Morgan fingerprint density at radius 2 is 1.07 bits per heavy atom. The van der Waals surface area contributed by atoms with E-state index in [1.54, 1.807) is 6.08 Å². The lowest BCUT2D eigenvalue weighted by atomic mass is 9.99. The molecule has 9 nitrogen and oxygen atoms in total. The van der Waals surface area contributed by atoms with Crippen molar-refractivity contribution in [2.75, 3.05) is 13.2 Å². The van der Waals surface area contributed by atoms with Gasteiger partial charge in [0.1, 0.15) is 24.4 Å². The average molecular weight is 778 g/mol. The number of hydrogen-bond acceptors (Lipinski definition) is 8. The van der Waals surface area contributed by atoms with Crippen molar-refractivity contribution in [1.82, 2.24) is 5.32 Å². The van der Waals surface area contributed by atoms with Crippen LogP contribution in [0, 0.1) is 0 Å². The molecule has 1 heterocycles. The summed E-state index contributed by atoms with van der Waals surface area (Å²) in [6.07, 6.45) is 38.9. The molecule has 7 unspecified atom stereocenters. The summed E-state index contributed by atoms with van der Waals surface area (Å²) in [5, 5.41) is 54.0. The predicted molar refractivity (Wildman–Crippen MR) is 226 cm³/mol. The number of ether oxygens (including phenoxy) is 2. The van der Waals surface area contributed by atoms with E-state index >= 15 is 0 Å². The number of rotatable bonds is 36. The highest BCUT2D eigenvalue weighted by atomic mass is 16.7. The van der Waals surface area contributed by atoms with Gasteiger partial charge in [0.15, 0.2) is 6.29 Å². The lowest BCUT2D eigenvalue weighted by Gasteiger charge is -2.40.